The van der Waals surface area contributed by atoms with Gasteiger partial charge in [-0.15, -0.1) is 11.3 Å². The molecule has 0 bridgehead atoms. The Hall–Kier alpha value is -2.16. The molecule has 6 nitrogen and oxygen atoms in total. The van der Waals surface area contributed by atoms with E-state index in [9.17, 15) is 9.59 Å². The van der Waals surface area contributed by atoms with Crippen molar-refractivity contribution in [1.29, 1.82) is 0 Å². The largest absolute Gasteiger partial charge is 0.335 e. The number of amides is 2. The van der Waals surface area contributed by atoms with Gasteiger partial charge in [0.25, 0.3) is 11.8 Å². The second-order valence-corrected chi connectivity index (χ2v) is 9.47. The van der Waals surface area contributed by atoms with Crippen molar-refractivity contribution in [3.05, 3.63) is 74.2 Å². The van der Waals surface area contributed by atoms with Crippen LogP contribution in [0.4, 0.5) is 10.8 Å². The van der Waals surface area contributed by atoms with E-state index >= 15 is 0 Å². The lowest BCUT2D eigenvalue weighted by atomic mass is 10.2. The Bertz CT molecular complexity index is 1140. The number of piperazine rings is 1. The number of anilines is 2. The number of benzene rings is 2. The van der Waals surface area contributed by atoms with Gasteiger partial charge in [-0.05, 0) is 49.5 Å². The van der Waals surface area contributed by atoms with Crippen LogP contribution in [0.25, 0.3) is 0 Å². The number of hydrogen-bond acceptors (Lipinski definition) is 5. The summed E-state index contributed by atoms with van der Waals surface area (Å²) in [4.78, 5) is 36.4. The Labute approximate surface area is 204 Å². The van der Waals surface area contributed by atoms with Gasteiger partial charge in [-0.2, -0.15) is 0 Å². The molecule has 1 aliphatic heterocycles. The molecule has 2 amide bonds. The van der Waals surface area contributed by atoms with Gasteiger partial charge < -0.3 is 9.80 Å². The average Bonchev–Trinajstić information content (AvgIpc) is 3.25. The van der Waals surface area contributed by atoms with Crippen LogP contribution in [0.5, 0.6) is 0 Å². The predicted molar refractivity (Wildman–Crippen MR) is 130 cm³/mol. The zero-order chi connectivity index (χ0) is 22.8. The van der Waals surface area contributed by atoms with Gasteiger partial charge in [-0.3, -0.25) is 14.5 Å². The minimum atomic E-state index is -0.387. The number of nitrogens with zero attached hydrogens (tertiary/aromatic N) is 4. The van der Waals surface area contributed by atoms with E-state index in [2.05, 4.69) is 9.88 Å². The fraction of sp³-hybridized carbons (Fsp3) is 0.227. The zero-order valence-corrected chi connectivity index (χ0v) is 20.2. The highest BCUT2D eigenvalue weighted by Gasteiger charge is 2.28. The highest BCUT2D eigenvalue weighted by atomic mass is 35.5. The van der Waals surface area contributed by atoms with Crippen molar-refractivity contribution in [2.75, 3.05) is 38.1 Å². The quantitative estimate of drug-likeness (QED) is 0.468. The van der Waals surface area contributed by atoms with Crippen molar-refractivity contribution >= 4 is 68.8 Å². The molecule has 0 saturated carbocycles. The van der Waals surface area contributed by atoms with E-state index in [4.69, 9.17) is 34.8 Å². The van der Waals surface area contributed by atoms with Crippen LogP contribution in [0.2, 0.25) is 15.1 Å². The lowest BCUT2D eigenvalue weighted by Gasteiger charge is -2.31. The third kappa shape index (κ3) is 4.92. The van der Waals surface area contributed by atoms with Gasteiger partial charge in [0.2, 0.25) is 0 Å². The molecule has 4 rings (SSSR count). The lowest BCUT2D eigenvalue weighted by Crippen LogP contribution is -2.47. The maximum atomic E-state index is 13.5. The van der Waals surface area contributed by atoms with E-state index in [1.165, 1.54) is 22.3 Å². The standard InChI is InChI=1S/C22H19Cl3N4O2S/c1-27-8-10-28(11-9-27)21(31)19-13-32-22(26-19)29(16-5-2-14(23)3-6-16)20(30)17-7-4-15(24)12-18(17)25/h2-7,12-13H,8-11H2,1H3. The predicted octanol–water partition coefficient (Wildman–Crippen LogP) is 5.47. The first-order valence-electron chi connectivity index (χ1n) is 9.82. The van der Waals surface area contributed by atoms with Crippen molar-refractivity contribution in [2.24, 2.45) is 0 Å². The second kappa shape index (κ2) is 9.77. The number of thiazole rings is 1. The fourth-order valence-corrected chi connectivity index (χ4v) is 4.76. The molecule has 32 heavy (non-hydrogen) atoms. The fourth-order valence-electron chi connectivity index (χ4n) is 3.32. The van der Waals surface area contributed by atoms with Crippen molar-refractivity contribution in [1.82, 2.24) is 14.8 Å². The highest BCUT2D eigenvalue weighted by Crippen LogP contribution is 2.33. The van der Waals surface area contributed by atoms with E-state index in [-0.39, 0.29) is 22.4 Å². The molecule has 1 aliphatic rings. The molecule has 0 radical (unpaired) electrons. The molecule has 1 saturated heterocycles. The summed E-state index contributed by atoms with van der Waals surface area (Å²) in [6.45, 7) is 2.91. The van der Waals surface area contributed by atoms with E-state index in [0.29, 0.717) is 39.6 Å². The summed E-state index contributed by atoms with van der Waals surface area (Å²) >= 11 is 19.6. The summed E-state index contributed by atoms with van der Waals surface area (Å²) in [6, 6.07) is 11.5. The van der Waals surface area contributed by atoms with Crippen LogP contribution in [0, 0.1) is 0 Å². The number of rotatable bonds is 4. The molecule has 166 valence electrons. The Morgan fingerprint density at radius 1 is 0.969 bits per heavy atom. The van der Waals surface area contributed by atoms with E-state index < -0.39 is 0 Å². The summed E-state index contributed by atoms with van der Waals surface area (Å²) in [7, 11) is 2.03. The van der Waals surface area contributed by atoms with Gasteiger partial charge in [0.05, 0.1) is 16.3 Å². The molecule has 2 heterocycles. The molecule has 0 atom stereocenters. The zero-order valence-electron chi connectivity index (χ0n) is 17.1. The van der Waals surface area contributed by atoms with E-state index in [1.54, 1.807) is 46.7 Å². The van der Waals surface area contributed by atoms with Crippen LogP contribution in [-0.4, -0.2) is 59.8 Å². The summed E-state index contributed by atoms with van der Waals surface area (Å²) in [5.41, 5.74) is 1.13. The van der Waals surface area contributed by atoms with Gasteiger partial charge in [0.1, 0.15) is 5.69 Å². The first-order valence-corrected chi connectivity index (χ1v) is 11.8. The van der Waals surface area contributed by atoms with E-state index in [0.717, 1.165) is 13.1 Å². The maximum Gasteiger partial charge on any atom is 0.273 e. The Kier molecular flexibility index (Phi) is 7.02. The normalized spacial score (nSPS) is 14.4. The number of halogens is 3. The molecule has 3 aromatic rings. The van der Waals surface area contributed by atoms with Gasteiger partial charge in [-0.1, -0.05) is 34.8 Å². The summed E-state index contributed by atoms with van der Waals surface area (Å²) in [5.74, 6) is -0.532. The minimum Gasteiger partial charge on any atom is -0.335 e. The van der Waals surface area contributed by atoms with Gasteiger partial charge in [-0.25, -0.2) is 4.98 Å². The van der Waals surface area contributed by atoms with Crippen molar-refractivity contribution < 1.29 is 9.59 Å². The van der Waals surface area contributed by atoms with Crippen molar-refractivity contribution in [2.45, 2.75) is 0 Å². The van der Waals surface area contributed by atoms with E-state index in [1.807, 2.05) is 7.05 Å². The Morgan fingerprint density at radius 2 is 1.62 bits per heavy atom. The molecule has 0 unspecified atom stereocenters. The minimum absolute atomic E-state index is 0.145. The van der Waals surface area contributed by atoms with Crippen molar-refractivity contribution in [3.63, 3.8) is 0 Å². The summed E-state index contributed by atoms with van der Waals surface area (Å²) in [5, 5.41) is 3.23. The van der Waals surface area contributed by atoms with Crippen molar-refractivity contribution in [3.8, 4) is 0 Å². The first kappa shape index (κ1) is 23.0. The highest BCUT2D eigenvalue weighted by molar-refractivity contribution is 7.14. The Morgan fingerprint density at radius 3 is 2.28 bits per heavy atom. The Balaban J connectivity index is 1.69. The number of carbonyl (C=O) groups is 2. The van der Waals surface area contributed by atoms with Gasteiger partial charge in [0.15, 0.2) is 5.13 Å². The molecule has 2 aromatic carbocycles. The topological polar surface area (TPSA) is 56.8 Å². The monoisotopic (exact) mass is 508 g/mol. The summed E-state index contributed by atoms with van der Waals surface area (Å²) < 4.78 is 0. The average molecular weight is 510 g/mol. The third-order valence-corrected chi connectivity index (χ3v) is 6.77. The molecule has 0 spiro atoms. The molecule has 1 fully saturated rings. The number of likely N-dealkylation sites (N-methyl/N-ethyl adjacent to an activating group) is 1. The molecular formula is C22H19Cl3N4O2S. The SMILES string of the molecule is CN1CCN(C(=O)c2csc(N(C(=O)c3ccc(Cl)cc3Cl)c3ccc(Cl)cc3)n2)CC1. The molecular weight excluding hydrogens is 491 g/mol. The smallest absolute Gasteiger partial charge is 0.273 e. The third-order valence-electron chi connectivity index (χ3n) is 5.14. The number of aromatic nitrogens is 1. The van der Waals surface area contributed by atoms with Gasteiger partial charge >= 0.3 is 0 Å². The second-order valence-electron chi connectivity index (χ2n) is 7.35. The lowest BCUT2D eigenvalue weighted by molar-refractivity contribution is 0.0658. The maximum absolute atomic E-state index is 13.5. The van der Waals surface area contributed by atoms with Crippen LogP contribution in [0.1, 0.15) is 20.8 Å². The van der Waals surface area contributed by atoms with Crippen LogP contribution in [-0.2, 0) is 0 Å². The van der Waals surface area contributed by atoms with Gasteiger partial charge in [0, 0.05) is 41.6 Å². The van der Waals surface area contributed by atoms with Crippen LogP contribution in [0.15, 0.2) is 47.8 Å². The number of carbonyl (C=O) groups excluding carboxylic acids is 2. The summed E-state index contributed by atoms with van der Waals surface area (Å²) in [6.07, 6.45) is 0. The molecule has 10 heteroatoms. The van der Waals surface area contributed by atoms with Crippen LogP contribution in [0.3, 0.4) is 0 Å². The molecule has 1 aromatic heterocycles. The van der Waals surface area contributed by atoms with Crippen LogP contribution >= 0.6 is 46.1 Å². The molecule has 0 aliphatic carbocycles. The molecule has 0 N–H and O–H groups in total. The first-order chi connectivity index (χ1) is 15.3. The van der Waals surface area contributed by atoms with Crippen LogP contribution < -0.4 is 4.90 Å². The number of hydrogen-bond donors (Lipinski definition) is 0.